The van der Waals surface area contributed by atoms with E-state index in [0.717, 1.165) is 11.3 Å². The zero-order valence-electron chi connectivity index (χ0n) is 17.0. The smallest absolute Gasteiger partial charge is 0.331 e. The molecule has 0 unspecified atom stereocenters. The highest BCUT2D eigenvalue weighted by Crippen LogP contribution is 2.28. The summed E-state index contributed by atoms with van der Waals surface area (Å²) in [6.07, 6.45) is 1.27. The average Bonchev–Trinajstić information content (AvgIpc) is 3.09. The quantitative estimate of drug-likeness (QED) is 0.615. The van der Waals surface area contributed by atoms with Crippen molar-refractivity contribution >= 4 is 17.6 Å². The minimum atomic E-state index is -0.742. The van der Waals surface area contributed by atoms with Crippen LogP contribution in [-0.2, 0) is 16.1 Å². The van der Waals surface area contributed by atoms with Gasteiger partial charge in [0.25, 0.3) is 5.91 Å². The van der Waals surface area contributed by atoms with Crippen molar-refractivity contribution in [1.29, 1.82) is 0 Å². The highest BCUT2D eigenvalue weighted by atomic mass is 16.5. The first-order valence-corrected chi connectivity index (χ1v) is 9.99. The van der Waals surface area contributed by atoms with E-state index in [4.69, 9.17) is 4.74 Å². The van der Waals surface area contributed by atoms with Crippen LogP contribution in [0, 0.1) is 5.92 Å². The highest BCUT2D eigenvalue weighted by Gasteiger charge is 2.45. The molecule has 0 bridgehead atoms. The van der Waals surface area contributed by atoms with Gasteiger partial charge >= 0.3 is 6.03 Å². The van der Waals surface area contributed by atoms with E-state index in [1.807, 2.05) is 74.5 Å². The lowest BCUT2D eigenvalue weighted by atomic mass is 10.0. The molecular weight excluding hydrogens is 364 g/mol. The fourth-order valence-corrected chi connectivity index (χ4v) is 3.53. The average molecular weight is 392 g/mol. The Kier molecular flexibility index (Phi) is 6.83. The van der Waals surface area contributed by atoms with E-state index < -0.39 is 6.10 Å². The number of carbonyl (C=O) groups excluding carboxylic acids is 2. The largest absolute Gasteiger partial charge is 0.363 e. The van der Waals surface area contributed by atoms with Crippen molar-refractivity contribution in [2.45, 2.75) is 39.0 Å². The molecule has 1 aliphatic heterocycles. The number of urea groups is 1. The van der Waals surface area contributed by atoms with Gasteiger partial charge in [-0.25, -0.2) is 4.79 Å². The first-order chi connectivity index (χ1) is 14.0. The van der Waals surface area contributed by atoms with Gasteiger partial charge in [-0.1, -0.05) is 68.5 Å². The number of hydrogen-bond acceptors (Lipinski definition) is 3. The summed E-state index contributed by atoms with van der Waals surface area (Å²) in [5.41, 5.74) is 1.78. The summed E-state index contributed by atoms with van der Waals surface area (Å²) < 4.78 is 5.93. The number of rotatable bonds is 8. The molecule has 3 amide bonds. The Morgan fingerprint density at radius 1 is 1.14 bits per heavy atom. The Morgan fingerprint density at radius 3 is 2.34 bits per heavy atom. The highest BCUT2D eigenvalue weighted by molar-refractivity contribution is 6.06. The van der Waals surface area contributed by atoms with Gasteiger partial charge in [0.1, 0.15) is 6.10 Å². The van der Waals surface area contributed by atoms with Gasteiger partial charge in [0.15, 0.2) is 0 Å². The maximum absolute atomic E-state index is 13.4. The number of carbonyl (C=O) groups is 2. The van der Waals surface area contributed by atoms with Gasteiger partial charge < -0.3 is 4.74 Å². The van der Waals surface area contributed by atoms with Gasteiger partial charge in [-0.2, -0.15) is 0 Å². The second-order valence-corrected chi connectivity index (χ2v) is 7.56. The van der Waals surface area contributed by atoms with Crippen LogP contribution in [0.25, 0.3) is 0 Å². The van der Waals surface area contributed by atoms with Gasteiger partial charge in [0.05, 0.1) is 12.6 Å². The fourth-order valence-electron chi connectivity index (χ4n) is 3.53. The molecule has 1 saturated heterocycles. The van der Waals surface area contributed by atoms with E-state index in [2.05, 4.69) is 6.58 Å². The van der Waals surface area contributed by atoms with E-state index in [-0.39, 0.29) is 23.9 Å². The van der Waals surface area contributed by atoms with E-state index in [0.29, 0.717) is 19.6 Å². The number of benzene rings is 2. The van der Waals surface area contributed by atoms with Crippen LogP contribution in [0.5, 0.6) is 0 Å². The second kappa shape index (κ2) is 9.52. The summed E-state index contributed by atoms with van der Waals surface area (Å²) in [7, 11) is 0. The molecule has 1 fully saturated rings. The number of hydrogen-bond donors (Lipinski definition) is 0. The third-order valence-electron chi connectivity index (χ3n) is 5.16. The molecule has 2 aromatic rings. The molecule has 0 N–H and O–H groups in total. The van der Waals surface area contributed by atoms with Crippen LogP contribution in [0.2, 0.25) is 0 Å². The van der Waals surface area contributed by atoms with Crippen LogP contribution in [-0.4, -0.2) is 35.5 Å². The van der Waals surface area contributed by atoms with Crippen LogP contribution in [0.3, 0.4) is 0 Å². The van der Waals surface area contributed by atoms with Gasteiger partial charge in [0.2, 0.25) is 0 Å². The summed E-state index contributed by atoms with van der Waals surface area (Å²) >= 11 is 0. The maximum Gasteiger partial charge on any atom is 0.331 e. The fraction of sp³-hybridized carbons (Fsp3) is 0.333. The number of anilines is 1. The third kappa shape index (κ3) is 4.74. The molecule has 29 heavy (non-hydrogen) atoms. The van der Waals surface area contributed by atoms with Crippen molar-refractivity contribution in [3.05, 3.63) is 78.9 Å². The Balaban J connectivity index is 1.80. The van der Waals surface area contributed by atoms with Crippen LogP contribution < -0.4 is 4.90 Å². The maximum atomic E-state index is 13.4. The summed E-state index contributed by atoms with van der Waals surface area (Å²) in [6, 6.07) is 18.7. The number of imide groups is 1. The summed E-state index contributed by atoms with van der Waals surface area (Å²) in [4.78, 5) is 29.6. The van der Waals surface area contributed by atoms with E-state index in [1.54, 1.807) is 11.0 Å². The molecule has 3 rings (SSSR count). The predicted molar refractivity (Wildman–Crippen MR) is 114 cm³/mol. The summed E-state index contributed by atoms with van der Waals surface area (Å²) in [5, 5.41) is 0. The van der Waals surface area contributed by atoms with Crippen molar-refractivity contribution in [3.63, 3.8) is 0 Å². The van der Waals surface area contributed by atoms with E-state index in [1.165, 1.54) is 4.90 Å². The monoisotopic (exact) mass is 392 g/mol. The molecule has 0 radical (unpaired) electrons. The lowest BCUT2D eigenvalue weighted by molar-refractivity contribution is -0.142. The van der Waals surface area contributed by atoms with Crippen molar-refractivity contribution in [1.82, 2.24) is 4.90 Å². The molecule has 0 aromatic heterocycles. The zero-order valence-corrected chi connectivity index (χ0v) is 17.0. The number of ether oxygens (including phenoxy) is 1. The summed E-state index contributed by atoms with van der Waals surface area (Å²) in [6.45, 7) is 8.60. The number of para-hydroxylation sites is 1. The van der Waals surface area contributed by atoms with Crippen LogP contribution in [0.1, 0.15) is 25.8 Å². The molecule has 0 saturated carbocycles. The number of nitrogens with zero attached hydrogens (tertiary/aromatic N) is 2. The molecule has 1 heterocycles. The van der Waals surface area contributed by atoms with Crippen LogP contribution >= 0.6 is 0 Å². The van der Waals surface area contributed by atoms with Crippen molar-refractivity contribution < 1.29 is 14.3 Å². The lowest BCUT2D eigenvalue weighted by Crippen LogP contribution is -2.48. The molecule has 0 spiro atoms. The predicted octanol–water partition coefficient (Wildman–Crippen LogP) is 4.64. The first-order valence-electron chi connectivity index (χ1n) is 9.99. The lowest BCUT2D eigenvalue weighted by Gasteiger charge is -2.27. The Hall–Kier alpha value is -2.92. The Morgan fingerprint density at radius 2 is 1.76 bits per heavy atom. The van der Waals surface area contributed by atoms with Gasteiger partial charge in [0, 0.05) is 18.7 Å². The molecule has 1 aliphatic rings. The zero-order chi connectivity index (χ0) is 20.8. The molecule has 2 atom stereocenters. The SMILES string of the molecule is C=CC[C@@H](OCc1ccccc1)C(=O)N1C(=O)N(c2ccccc2)C[C@@H]1C(C)C. The van der Waals surface area contributed by atoms with Gasteiger partial charge in [-0.05, 0) is 23.6 Å². The molecular formula is C24H28N2O3. The van der Waals surface area contributed by atoms with Gasteiger partial charge in [-0.3, -0.25) is 14.6 Å². The topological polar surface area (TPSA) is 49.9 Å². The van der Waals surface area contributed by atoms with Crippen LogP contribution in [0.4, 0.5) is 10.5 Å². The van der Waals surface area contributed by atoms with E-state index >= 15 is 0 Å². The molecule has 0 aliphatic carbocycles. The van der Waals surface area contributed by atoms with Gasteiger partial charge in [-0.15, -0.1) is 6.58 Å². The Labute approximate surface area is 172 Å². The van der Waals surface area contributed by atoms with Crippen molar-refractivity contribution in [3.8, 4) is 0 Å². The normalized spacial score (nSPS) is 17.6. The standard InChI is InChI=1S/C24H28N2O3/c1-4-11-22(29-17-19-12-7-5-8-13-19)23(27)26-21(18(2)3)16-25(24(26)28)20-14-9-6-10-15-20/h4-10,12-15,18,21-22H,1,11,16-17H2,2-3H3/t21-,22-/m1/s1. The summed E-state index contributed by atoms with van der Waals surface area (Å²) in [5.74, 6) is -0.168. The minimum absolute atomic E-state index is 0.134. The number of amides is 3. The van der Waals surface area contributed by atoms with Crippen molar-refractivity contribution in [2.75, 3.05) is 11.4 Å². The Bertz CT molecular complexity index is 836. The second-order valence-electron chi connectivity index (χ2n) is 7.56. The first kappa shape index (κ1) is 20.8. The molecule has 5 heteroatoms. The molecule has 2 aromatic carbocycles. The van der Waals surface area contributed by atoms with E-state index in [9.17, 15) is 9.59 Å². The molecule has 152 valence electrons. The minimum Gasteiger partial charge on any atom is -0.363 e. The van der Waals surface area contributed by atoms with Crippen molar-refractivity contribution in [2.24, 2.45) is 5.92 Å². The third-order valence-corrected chi connectivity index (χ3v) is 5.16. The van der Waals surface area contributed by atoms with Crippen LogP contribution in [0.15, 0.2) is 73.3 Å². The molecule has 5 nitrogen and oxygen atoms in total.